The smallest absolute Gasteiger partial charge is 0.238 e. The van der Waals surface area contributed by atoms with Gasteiger partial charge in [0.15, 0.2) is 0 Å². The van der Waals surface area contributed by atoms with Gasteiger partial charge in [-0.1, -0.05) is 59.1 Å². The van der Waals surface area contributed by atoms with Crippen molar-refractivity contribution in [3.8, 4) is 0 Å². The van der Waals surface area contributed by atoms with E-state index in [1.807, 2.05) is 31.2 Å². The summed E-state index contributed by atoms with van der Waals surface area (Å²) in [5.41, 5.74) is 1.43. The molecule has 2 rings (SSSR count). The first-order valence-corrected chi connectivity index (χ1v) is 7.84. The Hall–Kier alpha value is -1.26. The molecule has 0 aliphatic carbocycles. The Kier molecular flexibility index (Phi) is 6.09. The number of carbonyl (C=O) groups is 1. The normalized spacial score (nSPS) is 12.0. The monoisotopic (exact) mass is 356 g/mol. The van der Waals surface area contributed by atoms with E-state index >= 15 is 0 Å². The summed E-state index contributed by atoms with van der Waals surface area (Å²) in [6.45, 7) is 2.08. The lowest BCUT2D eigenvalue weighted by molar-refractivity contribution is -0.115. The first-order valence-electron chi connectivity index (χ1n) is 6.70. The number of hydrogen-bond donors (Lipinski definition) is 2. The molecule has 2 aromatic rings. The standard InChI is InChI=1S/C16H15Cl3N2O/c1-10(11-5-2-3-6-12(11)17)20-9-15(22)21-14-8-4-7-13(18)16(14)19/h2-8,10,20H,9H2,1H3,(H,21,22)/t10-/m1/s1. The third-order valence-electron chi connectivity index (χ3n) is 3.17. The van der Waals surface area contributed by atoms with Gasteiger partial charge in [0.05, 0.1) is 22.3 Å². The Morgan fingerprint density at radius 3 is 2.45 bits per heavy atom. The summed E-state index contributed by atoms with van der Waals surface area (Å²) in [4.78, 5) is 12.0. The van der Waals surface area contributed by atoms with E-state index in [-0.39, 0.29) is 18.5 Å². The van der Waals surface area contributed by atoms with E-state index in [9.17, 15) is 4.79 Å². The molecule has 1 amide bonds. The summed E-state index contributed by atoms with van der Waals surface area (Å²) in [5.74, 6) is -0.205. The molecule has 6 heteroatoms. The van der Waals surface area contributed by atoms with Crippen LogP contribution >= 0.6 is 34.8 Å². The van der Waals surface area contributed by atoms with Gasteiger partial charge in [-0.05, 0) is 30.7 Å². The molecule has 0 heterocycles. The van der Waals surface area contributed by atoms with E-state index in [4.69, 9.17) is 34.8 Å². The van der Waals surface area contributed by atoms with E-state index < -0.39 is 0 Å². The summed E-state index contributed by atoms with van der Waals surface area (Å²) in [6, 6.07) is 12.6. The van der Waals surface area contributed by atoms with E-state index in [1.54, 1.807) is 18.2 Å². The van der Waals surface area contributed by atoms with Crippen molar-refractivity contribution in [3.63, 3.8) is 0 Å². The molecule has 0 spiro atoms. The summed E-state index contributed by atoms with van der Waals surface area (Å²) >= 11 is 18.1. The molecule has 0 aliphatic rings. The lowest BCUT2D eigenvalue weighted by Gasteiger charge is -2.15. The molecule has 0 saturated carbocycles. The van der Waals surface area contributed by atoms with Gasteiger partial charge in [0, 0.05) is 11.1 Å². The minimum absolute atomic E-state index is 0.0470. The summed E-state index contributed by atoms with van der Waals surface area (Å²) in [7, 11) is 0. The van der Waals surface area contributed by atoms with Crippen molar-refractivity contribution in [1.82, 2.24) is 5.32 Å². The minimum atomic E-state index is -0.205. The Balaban J connectivity index is 1.93. The maximum Gasteiger partial charge on any atom is 0.238 e. The van der Waals surface area contributed by atoms with Crippen LogP contribution in [-0.2, 0) is 4.79 Å². The number of benzene rings is 2. The molecule has 0 aliphatic heterocycles. The predicted octanol–water partition coefficient (Wildman–Crippen LogP) is 4.94. The summed E-state index contributed by atoms with van der Waals surface area (Å²) in [6.07, 6.45) is 0. The van der Waals surface area contributed by atoms with Crippen molar-refractivity contribution in [2.45, 2.75) is 13.0 Å². The van der Waals surface area contributed by atoms with Crippen LogP contribution in [0.4, 0.5) is 5.69 Å². The number of halogens is 3. The van der Waals surface area contributed by atoms with Crippen molar-refractivity contribution < 1.29 is 4.79 Å². The molecule has 3 nitrogen and oxygen atoms in total. The lowest BCUT2D eigenvalue weighted by Crippen LogP contribution is -2.30. The maximum absolute atomic E-state index is 12.0. The largest absolute Gasteiger partial charge is 0.324 e. The fraction of sp³-hybridized carbons (Fsp3) is 0.188. The number of anilines is 1. The minimum Gasteiger partial charge on any atom is -0.324 e. The molecule has 2 aromatic carbocycles. The van der Waals surface area contributed by atoms with Crippen LogP contribution < -0.4 is 10.6 Å². The van der Waals surface area contributed by atoms with Gasteiger partial charge < -0.3 is 10.6 Å². The second-order valence-electron chi connectivity index (χ2n) is 4.77. The molecule has 0 unspecified atom stereocenters. The van der Waals surface area contributed by atoms with Crippen LogP contribution in [0.5, 0.6) is 0 Å². The number of hydrogen-bond acceptors (Lipinski definition) is 2. The third-order valence-corrected chi connectivity index (χ3v) is 4.33. The molecule has 0 bridgehead atoms. The van der Waals surface area contributed by atoms with E-state index in [0.717, 1.165) is 5.56 Å². The number of carbonyl (C=O) groups excluding carboxylic acids is 1. The molecule has 1 atom stereocenters. The first-order chi connectivity index (χ1) is 10.5. The zero-order valence-corrected chi connectivity index (χ0v) is 14.1. The van der Waals surface area contributed by atoms with Gasteiger partial charge in [-0.2, -0.15) is 0 Å². The lowest BCUT2D eigenvalue weighted by atomic mass is 10.1. The average Bonchev–Trinajstić information content (AvgIpc) is 2.50. The molecule has 2 N–H and O–H groups in total. The van der Waals surface area contributed by atoms with Crippen LogP contribution in [0.1, 0.15) is 18.5 Å². The number of nitrogens with one attached hydrogen (secondary N) is 2. The van der Waals surface area contributed by atoms with Gasteiger partial charge >= 0.3 is 0 Å². The van der Waals surface area contributed by atoms with E-state index in [2.05, 4.69) is 10.6 Å². The van der Waals surface area contributed by atoms with Crippen molar-refractivity contribution in [2.75, 3.05) is 11.9 Å². The fourth-order valence-corrected chi connectivity index (χ4v) is 2.62. The third kappa shape index (κ3) is 4.37. The maximum atomic E-state index is 12.0. The second-order valence-corrected chi connectivity index (χ2v) is 5.97. The Bertz CT molecular complexity index is 676. The Morgan fingerprint density at radius 1 is 1.05 bits per heavy atom. The quantitative estimate of drug-likeness (QED) is 0.796. The SMILES string of the molecule is C[C@@H](NCC(=O)Nc1cccc(Cl)c1Cl)c1ccccc1Cl. The topological polar surface area (TPSA) is 41.1 Å². The predicted molar refractivity (Wildman–Crippen MR) is 93.0 cm³/mol. The van der Waals surface area contributed by atoms with Crippen LogP contribution in [-0.4, -0.2) is 12.5 Å². The summed E-state index contributed by atoms with van der Waals surface area (Å²) in [5, 5.41) is 7.24. The molecular weight excluding hydrogens is 343 g/mol. The summed E-state index contributed by atoms with van der Waals surface area (Å²) < 4.78 is 0. The number of amides is 1. The van der Waals surface area contributed by atoms with Crippen LogP contribution in [0.25, 0.3) is 0 Å². The highest BCUT2D eigenvalue weighted by atomic mass is 35.5. The van der Waals surface area contributed by atoms with E-state index in [1.165, 1.54) is 0 Å². The molecule has 116 valence electrons. The number of rotatable bonds is 5. The second kappa shape index (κ2) is 7.84. The van der Waals surface area contributed by atoms with Crippen LogP contribution in [0.2, 0.25) is 15.1 Å². The van der Waals surface area contributed by atoms with Crippen molar-refractivity contribution in [2.24, 2.45) is 0 Å². The molecule has 0 aromatic heterocycles. The highest BCUT2D eigenvalue weighted by Gasteiger charge is 2.12. The van der Waals surface area contributed by atoms with Gasteiger partial charge in [0.25, 0.3) is 0 Å². The van der Waals surface area contributed by atoms with Gasteiger partial charge in [-0.15, -0.1) is 0 Å². The zero-order chi connectivity index (χ0) is 16.1. The van der Waals surface area contributed by atoms with Gasteiger partial charge in [0.1, 0.15) is 0 Å². The highest BCUT2D eigenvalue weighted by molar-refractivity contribution is 6.44. The van der Waals surface area contributed by atoms with Gasteiger partial charge in [-0.3, -0.25) is 4.79 Å². The van der Waals surface area contributed by atoms with Crippen LogP contribution in [0, 0.1) is 0 Å². The van der Waals surface area contributed by atoms with E-state index in [0.29, 0.717) is 20.8 Å². The van der Waals surface area contributed by atoms with Crippen LogP contribution in [0.15, 0.2) is 42.5 Å². The first kappa shape index (κ1) is 17.1. The highest BCUT2D eigenvalue weighted by Crippen LogP contribution is 2.29. The average molecular weight is 358 g/mol. The van der Waals surface area contributed by atoms with Gasteiger partial charge in [-0.25, -0.2) is 0 Å². The Morgan fingerprint density at radius 2 is 1.73 bits per heavy atom. The molecular formula is C16H15Cl3N2O. The Labute approximate surface area is 144 Å². The fourth-order valence-electron chi connectivity index (χ4n) is 1.98. The molecule has 0 radical (unpaired) electrons. The van der Waals surface area contributed by atoms with Crippen molar-refractivity contribution in [1.29, 1.82) is 0 Å². The van der Waals surface area contributed by atoms with Crippen molar-refractivity contribution >= 4 is 46.4 Å². The molecule has 0 saturated heterocycles. The zero-order valence-electron chi connectivity index (χ0n) is 11.9. The molecule has 0 fully saturated rings. The molecule has 22 heavy (non-hydrogen) atoms. The van der Waals surface area contributed by atoms with Crippen LogP contribution in [0.3, 0.4) is 0 Å². The van der Waals surface area contributed by atoms with Crippen molar-refractivity contribution in [3.05, 3.63) is 63.1 Å². The van der Waals surface area contributed by atoms with Gasteiger partial charge in [0.2, 0.25) is 5.91 Å².